The Balaban J connectivity index is 2.30. The van der Waals surface area contributed by atoms with E-state index in [1.807, 2.05) is 31.2 Å². The number of rotatable bonds is 5. The molecule has 1 aromatic carbocycles. The summed E-state index contributed by atoms with van der Waals surface area (Å²) >= 11 is 0. The lowest BCUT2D eigenvalue weighted by molar-refractivity contribution is 0.112. The van der Waals surface area contributed by atoms with Crippen molar-refractivity contribution in [3.05, 3.63) is 47.8 Å². The molecule has 0 radical (unpaired) electrons. The van der Waals surface area contributed by atoms with Crippen LogP contribution in [0.1, 0.15) is 29.9 Å². The van der Waals surface area contributed by atoms with Gasteiger partial charge >= 0.3 is 0 Å². The first kappa shape index (κ1) is 14.3. The van der Waals surface area contributed by atoms with Crippen molar-refractivity contribution < 1.29 is 9.53 Å². The Kier molecular flexibility index (Phi) is 4.51. The van der Waals surface area contributed by atoms with Gasteiger partial charge in [-0.05, 0) is 42.7 Å². The zero-order chi connectivity index (χ0) is 14.5. The van der Waals surface area contributed by atoms with Crippen LogP contribution in [0, 0.1) is 12.8 Å². The Morgan fingerprint density at radius 3 is 2.65 bits per heavy atom. The molecule has 0 saturated carbocycles. The van der Waals surface area contributed by atoms with E-state index in [0.29, 0.717) is 18.1 Å². The average molecular weight is 269 g/mol. The fourth-order valence-electron chi connectivity index (χ4n) is 1.88. The van der Waals surface area contributed by atoms with E-state index < -0.39 is 0 Å². The lowest BCUT2D eigenvalue weighted by atomic mass is 10.0. The smallest absolute Gasteiger partial charge is 0.150 e. The minimum Gasteiger partial charge on any atom is -0.493 e. The first-order valence-corrected chi connectivity index (χ1v) is 6.75. The molecule has 0 saturated heterocycles. The van der Waals surface area contributed by atoms with Crippen molar-refractivity contribution in [2.75, 3.05) is 6.61 Å². The molecule has 0 aliphatic rings. The van der Waals surface area contributed by atoms with Crippen LogP contribution in [-0.2, 0) is 0 Å². The van der Waals surface area contributed by atoms with Gasteiger partial charge in [-0.25, -0.2) is 0 Å². The van der Waals surface area contributed by atoms with E-state index in [1.165, 1.54) is 0 Å². The molecule has 0 bridgehead atoms. The molecule has 3 heteroatoms. The Labute approximate surface area is 119 Å². The maximum Gasteiger partial charge on any atom is 0.150 e. The predicted molar refractivity (Wildman–Crippen MR) is 80.1 cm³/mol. The van der Waals surface area contributed by atoms with E-state index in [-0.39, 0.29) is 0 Å². The summed E-state index contributed by atoms with van der Waals surface area (Å²) in [4.78, 5) is 15.5. The van der Waals surface area contributed by atoms with E-state index in [9.17, 15) is 4.79 Å². The minimum absolute atomic E-state index is 0.454. The van der Waals surface area contributed by atoms with Crippen LogP contribution in [0.4, 0.5) is 0 Å². The van der Waals surface area contributed by atoms with Crippen molar-refractivity contribution >= 4 is 6.29 Å². The average Bonchev–Trinajstić information content (AvgIpc) is 2.45. The lowest BCUT2D eigenvalue weighted by Gasteiger charge is -2.11. The number of aldehydes is 1. The molecule has 1 aromatic heterocycles. The van der Waals surface area contributed by atoms with Gasteiger partial charge in [0.15, 0.2) is 6.29 Å². The van der Waals surface area contributed by atoms with Crippen LogP contribution in [-0.4, -0.2) is 17.9 Å². The number of pyridine rings is 1. The molecule has 0 amide bonds. The summed E-state index contributed by atoms with van der Waals surface area (Å²) in [7, 11) is 0. The summed E-state index contributed by atoms with van der Waals surface area (Å²) in [6, 6.07) is 9.49. The molecule has 3 nitrogen and oxygen atoms in total. The fraction of sp³-hybridized carbons (Fsp3) is 0.294. The molecular formula is C17H19NO2. The zero-order valence-corrected chi connectivity index (χ0v) is 12.1. The van der Waals surface area contributed by atoms with Gasteiger partial charge in [0.05, 0.1) is 6.61 Å². The van der Waals surface area contributed by atoms with E-state index in [1.54, 1.807) is 12.3 Å². The molecule has 0 spiro atoms. The van der Waals surface area contributed by atoms with Gasteiger partial charge in [0.25, 0.3) is 0 Å². The molecule has 0 aliphatic carbocycles. The number of benzene rings is 1. The quantitative estimate of drug-likeness (QED) is 0.773. The number of hydrogen-bond acceptors (Lipinski definition) is 3. The number of aromatic nitrogens is 1. The monoisotopic (exact) mass is 269 g/mol. The van der Waals surface area contributed by atoms with Crippen LogP contribution >= 0.6 is 0 Å². The van der Waals surface area contributed by atoms with E-state index >= 15 is 0 Å². The molecule has 0 aliphatic heterocycles. The van der Waals surface area contributed by atoms with Crippen molar-refractivity contribution in [3.8, 4) is 16.9 Å². The largest absolute Gasteiger partial charge is 0.493 e. The number of ether oxygens (including phenoxy) is 1. The molecule has 0 N–H and O–H groups in total. The van der Waals surface area contributed by atoms with Gasteiger partial charge in [-0.1, -0.05) is 19.9 Å². The first-order valence-electron chi connectivity index (χ1n) is 6.75. The molecule has 1 heterocycles. The number of carbonyl (C=O) groups excluding carboxylic acids is 1. The van der Waals surface area contributed by atoms with Crippen LogP contribution in [0.25, 0.3) is 11.1 Å². The summed E-state index contributed by atoms with van der Waals surface area (Å²) in [5, 5.41) is 0. The van der Waals surface area contributed by atoms with Crippen molar-refractivity contribution in [2.24, 2.45) is 5.92 Å². The molecule has 20 heavy (non-hydrogen) atoms. The second-order valence-corrected chi connectivity index (χ2v) is 5.26. The summed E-state index contributed by atoms with van der Waals surface area (Å²) in [5.41, 5.74) is 3.40. The van der Waals surface area contributed by atoms with Crippen molar-refractivity contribution in [1.82, 2.24) is 4.98 Å². The van der Waals surface area contributed by atoms with Crippen LogP contribution in [0.3, 0.4) is 0 Å². The summed E-state index contributed by atoms with van der Waals surface area (Å²) in [6.45, 7) is 6.76. The highest BCUT2D eigenvalue weighted by atomic mass is 16.5. The molecular weight excluding hydrogens is 250 g/mol. The standard InChI is InChI=1S/C17H19NO2/c1-12(2)11-20-16-6-7-17(15(8-16)10-19)14-5-4-13(3)18-9-14/h4-10,12H,11H2,1-3H3. The summed E-state index contributed by atoms with van der Waals surface area (Å²) in [5.74, 6) is 1.18. The highest BCUT2D eigenvalue weighted by Crippen LogP contribution is 2.26. The van der Waals surface area contributed by atoms with Crippen molar-refractivity contribution in [2.45, 2.75) is 20.8 Å². The number of carbonyl (C=O) groups is 1. The minimum atomic E-state index is 0.454. The molecule has 2 aromatic rings. The highest BCUT2D eigenvalue weighted by molar-refractivity contribution is 5.88. The second-order valence-electron chi connectivity index (χ2n) is 5.26. The van der Waals surface area contributed by atoms with Crippen molar-refractivity contribution in [3.63, 3.8) is 0 Å². The van der Waals surface area contributed by atoms with Crippen LogP contribution in [0.2, 0.25) is 0 Å². The highest BCUT2D eigenvalue weighted by Gasteiger charge is 2.07. The third-order valence-corrected chi connectivity index (χ3v) is 2.96. The first-order chi connectivity index (χ1) is 9.60. The van der Waals surface area contributed by atoms with Gasteiger partial charge in [-0.3, -0.25) is 9.78 Å². The van der Waals surface area contributed by atoms with E-state index in [4.69, 9.17) is 4.74 Å². The normalized spacial score (nSPS) is 10.6. The number of hydrogen-bond donors (Lipinski definition) is 0. The van der Waals surface area contributed by atoms with Gasteiger partial charge in [-0.2, -0.15) is 0 Å². The van der Waals surface area contributed by atoms with E-state index in [0.717, 1.165) is 28.9 Å². The number of aryl methyl sites for hydroxylation is 1. The van der Waals surface area contributed by atoms with Gasteiger partial charge in [0, 0.05) is 23.0 Å². The Morgan fingerprint density at radius 1 is 1.25 bits per heavy atom. The van der Waals surface area contributed by atoms with E-state index in [2.05, 4.69) is 18.8 Å². The number of nitrogens with zero attached hydrogens (tertiary/aromatic N) is 1. The van der Waals surface area contributed by atoms with Gasteiger partial charge in [0.1, 0.15) is 5.75 Å². The second kappa shape index (κ2) is 6.33. The van der Waals surface area contributed by atoms with Crippen LogP contribution < -0.4 is 4.74 Å². The van der Waals surface area contributed by atoms with Crippen LogP contribution in [0.5, 0.6) is 5.75 Å². The molecule has 0 fully saturated rings. The zero-order valence-electron chi connectivity index (χ0n) is 12.1. The van der Waals surface area contributed by atoms with Gasteiger partial charge < -0.3 is 4.74 Å². The maximum atomic E-state index is 11.3. The third-order valence-electron chi connectivity index (χ3n) is 2.96. The van der Waals surface area contributed by atoms with Crippen LogP contribution in [0.15, 0.2) is 36.5 Å². The topological polar surface area (TPSA) is 39.2 Å². The Morgan fingerprint density at radius 2 is 2.05 bits per heavy atom. The lowest BCUT2D eigenvalue weighted by Crippen LogP contribution is -2.04. The van der Waals surface area contributed by atoms with Gasteiger partial charge in [0.2, 0.25) is 0 Å². The Hall–Kier alpha value is -2.16. The third kappa shape index (κ3) is 3.44. The Bertz CT molecular complexity index is 588. The summed E-state index contributed by atoms with van der Waals surface area (Å²) in [6.07, 6.45) is 2.64. The maximum absolute atomic E-state index is 11.3. The molecule has 0 unspecified atom stereocenters. The molecule has 2 rings (SSSR count). The predicted octanol–water partition coefficient (Wildman–Crippen LogP) is 3.90. The summed E-state index contributed by atoms with van der Waals surface area (Å²) < 4.78 is 5.65. The molecule has 0 atom stereocenters. The SMILES string of the molecule is Cc1ccc(-c2ccc(OCC(C)C)cc2C=O)cn1. The van der Waals surface area contributed by atoms with Gasteiger partial charge in [-0.15, -0.1) is 0 Å². The van der Waals surface area contributed by atoms with Crippen molar-refractivity contribution in [1.29, 1.82) is 0 Å². The molecule has 104 valence electrons. The fourth-order valence-corrected chi connectivity index (χ4v) is 1.88.